The molecule has 0 spiro atoms. The molecule has 3 rings (SSSR count). The second-order valence-corrected chi connectivity index (χ2v) is 6.28. The first-order valence-electron chi connectivity index (χ1n) is 8.43. The minimum absolute atomic E-state index is 0.219. The number of aromatic nitrogens is 4. The minimum atomic E-state index is -0.376. The number of hydrogen-bond acceptors (Lipinski definition) is 5. The Bertz CT molecular complexity index is 1050. The topological polar surface area (TPSA) is 91.0 Å². The third kappa shape index (κ3) is 4.05. The van der Waals surface area contributed by atoms with Crippen LogP contribution in [0.1, 0.15) is 17.0 Å². The summed E-state index contributed by atoms with van der Waals surface area (Å²) in [7, 11) is 1.53. The molecule has 0 saturated carbocycles. The summed E-state index contributed by atoms with van der Waals surface area (Å²) in [5.41, 5.74) is 2.89. The summed E-state index contributed by atoms with van der Waals surface area (Å²) < 4.78 is 8.00. The fourth-order valence-electron chi connectivity index (χ4n) is 2.77. The molecule has 0 aliphatic carbocycles. The maximum atomic E-state index is 12.4. The van der Waals surface area contributed by atoms with Gasteiger partial charge in [0.1, 0.15) is 12.3 Å². The van der Waals surface area contributed by atoms with Gasteiger partial charge in [-0.25, -0.2) is 9.36 Å². The molecule has 0 saturated heterocycles. The summed E-state index contributed by atoms with van der Waals surface area (Å²) in [5, 5.41) is 11.4. The second kappa shape index (κ2) is 7.45. The van der Waals surface area contributed by atoms with Crippen molar-refractivity contribution in [3.05, 3.63) is 63.7 Å². The lowest BCUT2D eigenvalue weighted by Gasteiger charge is -2.12. The third-order valence-corrected chi connectivity index (χ3v) is 4.00. The molecular formula is C19H21N5O3. The molecule has 27 heavy (non-hydrogen) atoms. The number of aryl methyl sites for hydroxylation is 3. The Morgan fingerprint density at radius 3 is 2.56 bits per heavy atom. The molecule has 140 valence electrons. The van der Waals surface area contributed by atoms with E-state index in [4.69, 9.17) is 4.74 Å². The Kier molecular flexibility index (Phi) is 5.07. The Morgan fingerprint density at radius 2 is 1.89 bits per heavy atom. The predicted molar refractivity (Wildman–Crippen MR) is 101 cm³/mol. The van der Waals surface area contributed by atoms with Crippen LogP contribution in [0.15, 0.2) is 41.2 Å². The molecule has 2 heterocycles. The Balaban J connectivity index is 1.84. The lowest BCUT2D eigenvalue weighted by Crippen LogP contribution is -2.30. The van der Waals surface area contributed by atoms with E-state index in [-0.39, 0.29) is 18.0 Å². The third-order valence-electron chi connectivity index (χ3n) is 4.00. The quantitative estimate of drug-likeness (QED) is 0.745. The van der Waals surface area contributed by atoms with Gasteiger partial charge in [0.2, 0.25) is 5.91 Å². The Morgan fingerprint density at radius 1 is 1.11 bits per heavy atom. The van der Waals surface area contributed by atoms with Crippen LogP contribution in [0.4, 0.5) is 5.69 Å². The number of carbonyl (C=O) groups is 1. The molecule has 0 atom stereocenters. The highest BCUT2D eigenvalue weighted by Gasteiger charge is 2.12. The summed E-state index contributed by atoms with van der Waals surface area (Å²) in [6.45, 7) is 5.47. The Hall–Kier alpha value is -3.42. The molecule has 0 fully saturated rings. The number of rotatable bonds is 5. The molecule has 1 amide bonds. The minimum Gasteiger partial charge on any atom is -0.495 e. The van der Waals surface area contributed by atoms with Crippen LogP contribution in [-0.2, 0) is 11.3 Å². The number of carbonyl (C=O) groups excluding carboxylic acids is 1. The molecular weight excluding hydrogens is 346 g/mol. The van der Waals surface area contributed by atoms with Crippen molar-refractivity contribution in [3.63, 3.8) is 0 Å². The highest BCUT2D eigenvalue weighted by molar-refractivity contribution is 5.92. The van der Waals surface area contributed by atoms with E-state index in [9.17, 15) is 9.59 Å². The molecule has 3 aromatic rings. The van der Waals surface area contributed by atoms with Crippen LogP contribution in [-0.4, -0.2) is 32.6 Å². The van der Waals surface area contributed by atoms with Crippen molar-refractivity contribution in [2.24, 2.45) is 0 Å². The standard InChI is InChI=1S/C19H21N5O3/c1-12-5-6-16(27-4)15(9-12)20-18(25)11-23-19(26)8-7-17(22-23)24-14(3)10-13(2)21-24/h5-10H,11H2,1-4H3,(H,20,25). The summed E-state index contributed by atoms with van der Waals surface area (Å²) in [6.07, 6.45) is 0. The van der Waals surface area contributed by atoms with Gasteiger partial charge in [0.05, 0.1) is 18.5 Å². The van der Waals surface area contributed by atoms with Crippen LogP contribution >= 0.6 is 0 Å². The number of nitrogens with zero attached hydrogens (tertiary/aromatic N) is 4. The summed E-state index contributed by atoms with van der Waals surface area (Å²) in [5.74, 6) is 0.644. The van der Waals surface area contributed by atoms with Gasteiger partial charge in [0.15, 0.2) is 5.82 Å². The molecule has 0 radical (unpaired) electrons. The first-order chi connectivity index (χ1) is 12.9. The fraction of sp³-hybridized carbons (Fsp3) is 0.263. The lowest BCUT2D eigenvalue weighted by molar-refractivity contribution is -0.117. The smallest absolute Gasteiger partial charge is 0.267 e. The average molecular weight is 367 g/mol. The van der Waals surface area contributed by atoms with Gasteiger partial charge in [0, 0.05) is 11.8 Å². The van der Waals surface area contributed by atoms with E-state index in [1.807, 2.05) is 32.9 Å². The summed E-state index contributed by atoms with van der Waals surface area (Å²) >= 11 is 0. The maximum absolute atomic E-state index is 12.4. The molecule has 8 heteroatoms. The van der Waals surface area contributed by atoms with E-state index >= 15 is 0 Å². The first kappa shape index (κ1) is 18.4. The van der Waals surface area contributed by atoms with Crippen molar-refractivity contribution in [1.29, 1.82) is 0 Å². The van der Waals surface area contributed by atoms with Crippen molar-refractivity contribution >= 4 is 11.6 Å². The monoisotopic (exact) mass is 367 g/mol. The average Bonchev–Trinajstić information content (AvgIpc) is 2.95. The van der Waals surface area contributed by atoms with Crippen LogP contribution in [0.5, 0.6) is 5.75 Å². The van der Waals surface area contributed by atoms with Crippen LogP contribution in [0.2, 0.25) is 0 Å². The van der Waals surface area contributed by atoms with E-state index < -0.39 is 0 Å². The van der Waals surface area contributed by atoms with Crippen molar-refractivity contribution in [2.75, 3.05) is 12.4 Å². The zero-order valence-corrected chi connectivity index (χ0v) is 15.7. The zero-order chi connectivity index (χ0) is 19.6. The summed E-state index contributed by atoms with van der Waals surface area (Å²) in [6, 6.07) is 10.3. The molecule has 8 nitrogen and oxygen atoms in total. The number of hydrogen-bond donors (Lipinski definition) is 1. The number of nitrogens with one attached hydrogen (secondary N) is 1. The van der Waals surface area contributed by atoms with Gasteiger partial charge in [-0.05, 0) is 50.6 Å². The van der Waals surface area contributed by atoms with Gasteiger partial charge in [-0.3, -0.25) is 9.59 Å². The molecule has 2 aromatic heterocycles. The number of methoxy groups -OCH3 is 1. The van der Waals surface area contributed by atoms with Crippen LogP contribution in [0, 0.1) is 20.8 Å². The maximum Gasteiger partial charge on any atom is 0.267 e. The largest absolute Gasteiger partial charge is 0.495 e. The normalized spacial score (nSPS) is 10.7. The van der Waals surface area contributed by atoms with Gasteiger partial charge in [0.25, 0.3) is 5.56 Å². The SMILES string of the molecule is COc1ccc(C)cc1NC(=O)Cn1nc(-n2nc(C)cc2C)ccc1=O. The van der Waals surface area contributed by atoms with Gasteiger partial charge < -0.3 is 10.1 Å². The first-order valence-corrected chi connectivity index (χ1v) is 8.43. The van der Waals surface area contributed by atoms with Gasteiger partial charge in [-0.2, -0.15) is 5.10 Å². The fourth-order valence-corrected chi connectivity index (χ4v) is 2.77. The zero-order valence-electron chi connectivity index (χ0n) is 15.7. The van der Waals surface area contributed by atoms with Gasteiger partial charge in [-0.15, -0.1) is 5.10 Å². The van der Waals surface area contributed by atoms with Crippen LogP contribution < -0.4 is 15.6 Å². The molecule has 0 unspecified atom stereocenters. The van der Waals surface area contributed by atoms with Gasteiger partial charge in [-0.1, -0.05) is 6.07 Å². The van der Waals surface area contributed by atoms with E-state index in [1.165, 1.54) is 13.2 Å². The van der Waals surface area contributed by atoms with Crippen molar-refractivity contribution in [3.8, 4) is 11.6 Å². The number of amides is 1. The Labute approximate surface area is 156 Å². The molecule has 0 aliphatic heterocycles. The lowest BCUT2D eigenvalue weighted by atomic mass is 10.2. The van der Waals surface area contributed by atoms with E-state index in [0.717, 1.165) is 21.6 Å². The molecule has 1 aromatic carbocycles. The van der Waals surface area contributed by atoms with E-state index in [1.54, 1.807) is 22.9 Å². The van der Waals surface area contributed by atoms with Crippen molar-refractivity contribution < 1.29 is 9.53 Å². The second-order valence-electron chi connectivity index (χ2n) is 6.28. The highest BCUT2D eigenvalue weighted by Crippen LogP contribution is 2.25. The number of anilines is 1. The van der Waals surface area contributed by atoms with Crippen LogP contribution in [0.3, 0.4) is 0 Å². The highest BCUT2D eigenvalue weighted by atomic mass is 16.5. The molecule has 1 N–H and O–H groups in total. The van der Waals surface area contributed by atoms with Gasteiger partial charge >= 0.3 is 0 Å². The predicted octanol–water partition coefficient (Wildman–Crippen LogP) is 2.00. The van der Waals surface area contributed by atoms with E-state index in [2.05, 4.69) is 15.5 Å². The summed E-state index contributed by atoms with van der Waals surface area (Å²) in [4.78, 5) is 24.6. The van der Waals surface area contributed by atoms with Crippen LogP contribution in [0.25, 0.3) is 5.82 Å². The number of benzene rings is 1. The van der Waals surface area contributed by atoms with E-state index in [0.29, 0.717) is 17.3 Å². The number of ether oxygens (including phenoxy) is 1. The van der Waals surface area contributed by atoms with Crippen molar-refractivity contribution in [1.82, 2.24) is 19.6 Å². The molecule has 0 aliphatic rings. The van der Waals surface area contributed by atoms with Crippen molar-refractivity contribution in [2.45, 2.75) is 27.3 Å². The molecule has 0 bridgehead atoms.